The van der Waals surface area contributed by atoms with E-state index < -0.39 is 5.97 Å². The van der Waals surface area contributed by atoms with Crippen molar-refractivity contribution in [3.05, 3.63) is 83.0 Å². The summed E-state index contributed by atoms with van der Waals surface area (Å²) in [6, 6.07) is 20.7. The van der Waals surface area contributed by atoms with Crippen molar-refractivity contribution < 1.29 is 18.7 Å². The highest BCUT2D eigenvalue weighted by Gasteiger charge is 2.38. The largest absolute Gasteiger partial charge is 0.465 e. The molecule has 0 atom stereocenters. The number of nitrogens with zero attached hydrogens (tertiary/aromatic N) is 2. The van der Waals surface area contributed by atoms with Crippen LogP contribution in [0.25, 0.3) is 17.4 Å². The predicted octanol–water partition coefficient (Wildman–Crippen LogP) is 6.67. The highest BCUT2D eigenvalue weighted by Crippen LogP contribution is 2.39. The minimum Gasteiger partial charge on any atom is -0.465 e. The van der Waals surface area contributed by atoms with Crippen LogP contribution < -0.4 is 0 Å². The summed E-state index contributed by atoms with van der Waals surface area (Å²) >= 11 is 1.39. The molecule has 0 unspecified atom stereocenters. The predicted molar refractivity (Wildman–Crippen MR) is 138 cm³/mol. The lowest BCUT2D eigenvalue weighted by atomic mass is 9.94. The van der Waals surface area contributed by atoms with Crippen molar-refractivity contribution in [1.29, 1.82) is 0 Å². The van der Waals surface area contributed by atoms with Crippen molar-refractivity contribution in [2.75, 3.05) is 7.11 Å². The van der Waals surface area contributed by atoms with Crippen LogP contribution in [0.4, 0.5) is 5.69 Å². The maximum Gasteiger partial charge on any atom is 0.337 e. The zero-order valence-electron chi connectivity index (χ0n) is 19.5. The average molecular weight is 487 g/mol. The van der Waals surface area contributed by atoms with Crippen molar-refractivity contribution >= 4 is 40.6 Å². The summed E-state index contributed by atoms with van der Waals surface area (Å²) in [7, 11) is 1.36. The summed E-state index contributed by atoms with van der Waals surface area (Å²) in [4.78, 5) is 32.7. The Morgan fingerprint density at radius 2 is 1.86 bits per heavy atom. The molecule has 6 nitrogen and oxygen atoms in total. The lowest BCUT2D eigenvalue weighted by Crippen LogP contribution is -2.40. The maximum atomic E-state index is 13.5. The summed E-state index contributed by atoms with van der Waals surface area (Å²) in [6.45, 7) is 0. The molecular formula is C28H26N2O4S. The third-order valence-electron chi connectivity index (χ3n) is 6.23. The molecule has 0 spiro atoms. The van der Waals surface area contributed by atoms with E-state index >= 15 is 0 Å². The minimum absolute atomic E-state index is 0.0257. The first-order chi connectivity index (χ1) is 17.1. The zero-order chi connectivity index (χ0) is 24.2. The molecule has 5 rings (SSSR count). The van der Waals surface area contributed by atoms with Crippen LogP contribution in [-0.4, -0.2) is 35.1 Å². The Bertz CT molecular complexity index is 1290. The molecule has 1 aromatic heterocycles. The SMILES string of the molecule is COC(=O)c1cccc(-c2ccc(/C=C3\SC(=Nc4ccccc4)N(C4CCCCC4)C3=O)o2)c1. The lowest BCUT2D eigenvalue weighted by Gasteiger charge is -2.30. The van der Waals surface area contributed by atoms with E-state index in [0.29, 0.717) is 22.0 Å². The Kier molecular flexibility index (Phi) is 6.86. The number of amidine groups is 1. The molecule has 2 aromatic carbocycles. The fraction of sp³-hybridized carbons (Fsp3) is 0.250. The van der Waals surface area contributed by atoms with Crippen LogP contribution in [0.1, 0.15) is 48.2 Å². The Balaban J connectivity index is 1.44. The van der Waals surface area contributed by atoms with Gasteiger partial charge in [0.2, 0.25) is 0 Å². The second-order valence-corrected chi connectivity index (χ2v) is 9.59. The second kappa shape index (κ2) is 10.4. The van der Waals surface area contributed by atoms with Gasteiger partial charge in [-0.05, 0) is 61.0 Å². The number of carbonyl (C=O) groups excluding carboxylic acids is 2. The van der Waals surface area contributed by atoms with Crippen LogP contribution in [0, 0.1) is 0 Å². The van der Waals surface area contributed by atoms with E-state index in [1.807, 2.05) is 53.4 Å². The van der Waals surface area contributed by atoms with Gasteiger partial charge in [-0.1, -0.05) is 49.6 Å². The molecule has 35 heavy (non-hydrogen) atoms. The van der Waals surface area contributed by atoms with E-state index in [1.54, 1.807) is 24.3 Å². The van der Waals surface area contributed by atoms with E-state index in [0.717, 1.165) is 42.1 Å². The Morgan fingerprint density at radius 3 is 2.63 bits per heavy atom. The highest BCUT2D eigenvalue weighted by molar-refractivity contribution is 8.18. The molecule has 1 aliphatic heterocycles. The fourth-order valence-corrected chi connectivity index (χ4v) is 5.51. The average Bonchev–Trinajstić information content (AvgIpc) is 3.49. The van der Waals surface area contributed by atoms with Gasteiger partial charge in [-0.3, -0.25) is 9.69 Å². The number of furan rings is 1. The number of hydrogen-bond donors (Lipinski definition) is 0. The van der Waals surface area contributed by atoms with Crippen LogP contribution in [0.3, 0.4) is 0 Å². The van der Waals surface area contributed by atoms with E-state index in [1.165, 1.54) is 25.3 Å². The molecule has 0 radical (unpaired) electrons. The summed E-state index contributed by atoms with van der Waals surface area (Å²) < 4.78 is 10.8. The van der Waals surface area contributed by atoms with E-state index in [9.17, 15) is 9.59 Å². The molecule has 1 saturated carbocycles. The maximum absolute atomic E-state index is 13.5. The highest BCUT2D eigenvalue weighted by atomic mass is 32.2. The first-order valence-corrected chi connectivity index (χ1v) is 12.6. The smallest absolute Gasteiger partial charge is 0.337 e. The fourth-order valence-electron chi connectivity index (χ4n) is 4.47. The molecule has 178 valence electrons. The molecule has 1 saturated heterocycles. The third-order valence-corrected chi connectivity index (χ3v) is 7.21. The molecule has 1 aliphatic carbocycles. The number of carbonyl (C=O) groups is 2. The van der Waals surface area contributed by atoms with Gasteiger partial charge in [0.1, 0.15) is 11.5 Å². The Hall–Kier alpha value is -3.58. The number of esters is 1. The van der Waals surface area contributed by atoms with Crippen LogP contribution in [-0.2, 0) is 9.53 Å². The quantitative estimate of drug-likeness (QED) is 0.297. The van der Waals surface area contributed by atoms with Gasteiger partial charge in [-0.25, -0.2) is 9.79 Å². The molecule has 1 amide bonds. The van der Waals surface area contributed by atoms with Gasteiger partial charge in [-0.15, -0.1) is 0 Å². The Morgan fingerprint density at radius 1 is 1.06 bits per heavy atom. The van der Waals surface area contributed by atoms with Gasteiger partial charge in [0.05, 0.1) is 23.3 Å². The number of para-hydroxylation sites is 1. The van der Waals surface area contributed by atoms with Gasteiger partial charge in [0.15, 0.2) is 5.17 Å². The monoisotopic (exact) mass is 486 g/mol. The van der Waals surface area contributed by atoms with Crippen molar-refractivity contribution in [3.63, 3.8) is 0 Å². The summed E-state index contributed by atoms with van der Waals surface area (Å²) in [5.41, 5.74) is 2.04. The Labute approximate surface area is 208 Å². The molecule has 0 bridgehead atoms. The summed E-state index contributed by atoms with van der Waals surface area (Å²) in [5.74, 6) is 0.758. The number of thioether (sulfide) groups is 1. The van der Waals surface area contributed by atoms with Crippen molar-refractivity contribution in [2.24, 2.45) is 4.99 Å². The topological polar surface area (TPSA) is 72.1 Å². The second-order valence-electron chi connectivity index (χ2n) is 8.58. The van der Waals surface area contributed by atoms with Gasteiger partial charge in [-0.2, -0.15) is 0 Å². The molecule has 3 aromatic rings. The summed E-state index contributed by atoms with van der Waals surface area (Å²) in [6.07, 6.45) is 7.24. The molecule has 2 fully saturated rings. The first-order valence-electron chi connectivity index (χ1n) is 11.8. The number of rotatable bonds is 5. The van der Waals surface area contributed by atoms with Gasteiger partial charge in [0.25, 0.3) is 5.91 Å². The normalized spacial score (nSPS) is 19.0. The van der Waals surface area contributed by atoms with Crippen molar-refractivity contribution in [1.82, 2.24) is 4.90 Å². The summed E-state index contributed by atoms with van der Waals surface area (Å²) in [5, 5.41) is 0.719. The number of ether oxygens (including phenoxy) is 1. The zero-order valence-corrected chi connectivity index (χ0v) is 20.3. The molecule has 7 heteroatoms. The van der Waals surface area contributed by atoms with E-state index in [2.05, 4.69) is 0 Å². The van der Waals surface area contributed by atoms with Crippen LogP contribution in [0.2, 0.25) is 0 Å². The minimum atomic E-state index is -0.401. The number of methoxy groups -OCH3 is 1. The standard InChI is InChI=1S/C28H26N2O4S/c1-33-27(32)20-10-8-9-19(17-20)24-16-15-23(34-24)18-25-26(31)30(22-13-6-3-7-14-22)28(35-25)29-21-11-4-2-5-12-21/h2,4-5,8-12,15-18,22H,3,6-7,13-14H2,1H3/b25-18-,29-28?. The number of amides is 1. The van der Waals surface area contributed by atoms with Crippen molar-refractivity contribution in [3.8, 4) is 11.3 Å². The van der Waals surface area contributed by atoms with Crippen LogP contribution in [0.15, 0.2) is 81.0 Å². The third kappa shape index (κ3) is 5.10. The molecular weight excluding hydrogens is 460 g/mol. The van der Waals surface area contributed by atoms with Gasteiger partial charge >= 0.3 is 5.97 Å². The number of hydrogen-bond acceptors (Lipinski definition) is 6. The first kappa shape index (κ1) is 23.2. The number of benzene rings is 2. The van der Waals surface area contributed by atoms with Crippen molar-refractivity contribution in [2.45, 2.75) is 38.1 Å². The van der Waals surface area contributed by atoms with Crippen LogP contribution in [0.5, 0.6) is 0 Å². The molecule has 0 N–H and O–H groups in total. The molecule has 2 heterocycles. The lowest BCUT2D eigenvalue weighted by molar-refractivity contribution is -0.124. The number of aliphatic imine (C=N–C) groups is 1. The molecule has 2 aliphatic rings. The van der Waals surface area contributed by atoms with Crippen LogP contribution >= 0.6 is 11.8 Å². The van der Waals surface area contributed by atoms with Gasteiger partial charge in [0, 0.05) is 17.7 Å². The van der Waals surface area contributed by atoms with Gasteiger partial charge < -0.3 is 9.15 Å². The van der Waals surface area contributed by atoms with E-state index in [4.69, 9.17) is 14.1 Å². The van der Waals surface area contributed by atoms with E-state index in [-0.39, 0.29) is 11.9 Å².